The molecule has 3 nitrogen and oxygen atoms in total. The summed E-state index contributed by atoms with van der Waals surface area (Å²) in [4.78, 5) is 18.6. The Morgan fingerprint density at radius 2 is 1.47 bits per heavy atom. The molecule has 0 unspecified atom stereocenters. The SMILES string of the molecule is N#Cc1c(-c2ccccc2)cc(-c2ccccc2)nc1SCC(=O)C12CC3CC(CC(C3)C1)C2. The maximum atomic E-state index is 13.6. The Bertz CT molecular complexity index is 1230. The monoisotopic (exact) mass is 464 g/mol. The number of nitrogens with zero attached hydrogens (tertiary/aromatic N) is 2. The molecule has 0 saturated heterocycles. The Labute approximate surface area is 205 Å². The van der Waals surface area contributed by atoms with Crippen molar-refractivity contribution >= 4 is 17.5 Å². The van der Waals surface area contributed by atoms with Crippen LogP contribution in [0.1, 0.15) is 44.1 Å². The Kier molecular flexibility index (Phi) is 5.54. The summed E-state index contributed by atoms with van der Waals surface area (Å²) in [6.45, 7) is 0. The summed E-state index contributed by atoms with van der Waals surface area (Å²) in [6, 6.07) is 24.5. The van der Waals surface area contributed by atoms with E-state index in [-0.39, 0.29) is 5.41 Å². The van der Waals surface area contributed by atoms with Crippen molar-refractivity contribution in [3.8, 4) is 28.5 Å². The average Bonchev–Trinajstić information content (AvgIpc) is 2.87. The lowest BCUT2D eigenvalue weighted by Crippen LogP contribution is -2.50. The van der Waals surface area contributed by atoms with Crippen LogP contribution in [-0.4, -0.2) is 16.5 Å². The maximum absolute atomic E-state index is 13.6. The molecule has 4 fully saturated rings. The molecule has 4 heteroatoms. The summed E-state index contributed by atoms with van der Waals surface area (Å²) in [6.07, 6.45) is 7.24. The van der Waals surface area contributed by atoms with Crippen LogP contribution in [0.3, 0.4) is 0 Å². The van der Waals surface area contributed by atoms with Crippen molar-refractivity contribution in [2.24, 2.45) is 23.2 Å². The average molecular weight is 465 g/mol. The van der Waals surface area contributed by atoms with E-state index in [0.29, 0.717) is 22.1 Å². The maximum Gasteiger partial charge on any atom is 0.149 e. The van der Waals surface area contributed by atoms with Crippen LogP contribution in [0, 0.1) is 34.5 Å². The van der Waals surface area contributed by atoms with E-state index in [0.717, 1.165) is 59.4 Å². The Morgan fingerprint density at radius 3 is 2.03 bits per heavy atom. The molecule has 4 aliphatic rings. The number of carbonyl (C=O) groups excluding carboxylic acids is 1. The standard InChI is InChI=1S/C30H28N2OS/c31-18-26-25(23-7-3-1-4-8-23)14-27(24-9-5-2-6-10-24)32-29(26)34-19-28(33)30-15-20-11-21(16-30)13-22(12-20)17-30/h1-10,14,20-22H,11-13,15-17,19H2. The molecule has 170 valence electrons. The summed E-state index contributed by atoms with van der Waals surface area (Å²) in [5.74, 6) is 3.03. The van der Waals surface area contributed by atoms with Crippen molar-refractivity contribution in [2.45, 2.75) is 43.6 Å². The van der Waals surface area contributed by atoms with Gasteiger partial charge in [-0.2, -0.15) is 5.26 Å². The molecule has 2 aromatic carbocycles. The molecule has 0 N–H and O–H groups in total. The smallest absolute Gasteiger partial charge is 0.149 e. The minimum absolute atomic E-state index is 0.117. The first-order valence-corrected chi connectivity index (χ1v) is 13.3. The second kappa shape index (κ2) is 8.71. The van der Waals surface area contributed by atoms with Crippen molar-refractivity contribution in [1.29, 1.82) is 5.26 Å². The van der Waals surface area contributed by atoms with Gasteiger partial charge >= 0.3 is 0 Å². The van der Waals surface area contributed by atoms with Gasteiger partial charge in [0, 0.05) is 16.5 Å². The predicted octanol–water partition coefficient (Wildman–Crippen LogP) is 7.16. The summed E-state index contributed by atoms with van der Waals surface area (Å²) in [5.41, 5.74) is 4.17. The summed E-state index contributed by atoms with van der Waals surface area (Å²) in [7, 11) is 0. The van der Waals surface area contributed by atoms with Crippen molar-refractivity contribution in [2.75, 3.05) is 5.75 Å². The highest BCUT2D eigenvalue weighted by Crippen LogP contribution is 2.60. The highest BCUT2D eigenvalue weighted by molar-refractivity contribution is 8.00. The summed E-state index contributed by atoms with van der Waals surface area (Å²) < 4.78 is 0. The first-order chi connectivity index (χ1) is 16.6. The molecule has 0 atom stereocenters. The van der Waals surface area contributed by atoms with Crippen LogP contribution in [0.5, 0.6) is 0 Å². The molecular formula is C30H28N2OS. The number of thioether (sulfide) groups is 1. The van der Waals surface area contributed by atoms with Gasteiger partial charge in [-0.25, -0.2) is 4.98 Å². The van der Waals surface area contributed by atoms with Gasteiger partial charge in [0.1, 0.15) is 16.9 Å². The molecule has 7 rings (SSSR count). The number of hydrogen-bond acceptors (Lipinski definition) is 4. The van der Waals surface area contributed by atoms with Crippen molar-refractivity contribution < 1.29 is 4.79 Å². The van der Waals surface area contributed by atoms with Crippen molar-refractivity contribution in [3.05, 3.63) is 72.3 Å². The van der Waals surface area contributed by atoms with Gasteiger partial charge in [-0.3, -0.25) is 4.79 Å². The molecule has 0 aliphatic heterocycles. The fraction of sp³-hybridized carbons (Fsp3) is 0.367. The Balaban J connectivity index is 1.34. The van der Waals surface area contributed by atoms with Crippen LogP contribution in [0.25, 0.3) is 22.4 Å². The van der Waals surface area contributed by atoms with E-state index in [4.69, 9.17) is 4.98 Å². The van der Waals surface area contributed by atoms with Crippen LogP contribution in [0.15, 0.2) is 71.8 Å². The van der Waals surface area contributed by atoms with Gasteiger partial charge in [0.2, 0.25) is 0 Å². The quantitative estimate of drug-likeness (QED) is 0.363. The zero-order valence-electron chi connectivity index (χ0n) is 19.2. The third-order valence-corrected chi connectivity index (χ3v) is 9.20. The largest absolute Gasteiger partial charge is 0.298 e. The van der Waals surface area contributed by atoms with Crippen LogP contribution in [0.4, 0.5) is 0 Å². The molecule has 3 aromatic rings. The highest BCUT2D eigenvalue weighted by atomic mass is 32.2. The van der Waals surface area contributed by atoms with Gasteiger partial charge in [0.15, 0.2) is 0 Å². The number of benzene rings is 2. The van der Waals surface area contributed by atoms with E-state index in [1.807, 2.05) is 66.7 Å². The Hall–Kier alpha value is -2.90. The van der Waals surface area contributed by atoms with Crippen molar-refractivity contribution in [3.63, 3.8) is 0 Å². The molecule has 0 spiro atoms. The lowest BCUT2D eigenvalue weighted by Gasteiger charge is -2.56. The Morgan fingerprint density at radius 1 is 0.912 bits per heavy atom. The zero-order valence-corrected chi connectivity index (χ0v) is 20.1. The van der Waals surface area contributed by atoms with Crippen molar-refractivity contribution in [1.82, 2.24) is 4.98 Å². The predicted molar refractivity (Wildman–Crippen MR) is 136 cm³/mol. The molecule has 0 radical (unpaired) electrons. The van der Waals surface area contributed by atoms with Crippen LogP contribution < -0.4 is 0 Å². The van der Waals surface area contributed by atoms with E-state index >= 15 is 0 Å². The fourth-order valence-electron chi connectivity index (χ4n) is 7.08. The summed E-state index contributed by atoms with van der Waals surface area (Å²) >= 11 is 1.46. The molecular weight excluding hydrogens is 436 g/mol. The number of Topliss-reactive ketones (excluding diaryl/α,β-unsaturated/α-hetero) is 1. The number of nitriles is 1. The van der Waals surface area contributed by atoms with E-state index in [9.17, 15) is 10.1 Å². The number of carbonyl (C=O) groups is 1. The van der Waals surface area contributed by atoms with E-state index < -0.39 is 0 Å². The molecule has 4 bridgehead atoms. The molecule has 0 amide bonds. The molecule has 34 heavy (non-hydrogen) atoms. The third kappa shape index (κ3) is 3.87. The zero-order chi connectivity index (χ0) is 23.1. The first-order valence-electron chi connectivity index (χ1n) is 12.4. The van der Waals surface area contributed by atoms with Gasteiger partial charge in [-0.1, -0.05) is 72.4 Å². The van der Waals surface area contributed by atoms with Crippen LogP contribution in [-0.2, 0) is 4.79 Å². The molecule has 4 saturated carbocycles. The molecule has 1 aromatic heterocycles. The number of aromatic nitrogens is 1. The fourth-order valence-corrected chi connectivity index (χ4v) is 8.11. The minimum atomic E-state index is -0.117. The van der Waals surface area contributed by atoms with E-state index in [1.54, 1.807) is 0 Å². The second-order valence-corrected chi connectivity index (χ2v) is 11.5. The van der Waals surface area contributed by atoms with E-state index in [1.165, 1.54) is 31.0 Å². The first kappa shape index (κ1) is 21.6. The van der Waals surface area contributed by atoms with Crippen LogP contribution >= 0.6 is 11.8 Å². The van der Waals surface area contributed by atoms with Gasteiger partial charge in [0.25, 0.3) is 0 Å². The topological polar surface area (TPSA) is 53.8 Å². The van der Waals surface area contributed by atoms with Crippen LogP contribution in [0.2, 0.25) is 0 Å². The van der Waals surface area contributed by atoms with Gasteiger partial charge < -0.3 is 0 Å². The minimum Gasteiger partial charge on any atom is -0.298 e. The number of hydrogen-bond donors (Lipinski definition) is 0. The van der Waals surface area contributed by atoms with Gasteiger partial charge in [0.05, 0.1) is 17.0 Å². The number of ketones is 1. The van der Waals surface area contributed by atoms with Gasteiger partial charge in [-0.15, -0.1) is 0 Å². The number of rotatable bonds is 6. The highest BCUT2D eigenvalue weighted by Gasteiger charge is 2.54. The second-order valence-electron chi connectivity index (χ2n) is 10.5. The number of pyridine rings is 1. The van der Waals surface area contributed by atoms with E-state index in [2.05, 4.69) is 6.07 Å². The lowest BCUT2D eigenvalue weighted by molar-refractivity contribution is -0.141. The molecule has 4 aliphatic carbocycles. The summed E-state index contributed by atoms with van der Waals surface area (Å²) in [5, 5.41) is 10.8. The third-order valence-electron chi connectivity index (χ3n) is 8.22. The lowest BCUT2D eigenvalue weighted by atomic mass is 9.48. The normalized spacial score (nSPS) is 26.9. The van der Waals surface area contributed by atoms with Gasteiger partial charge in [-0.05, 0) is 67.9 Å². The molecule has 1 heterocycles.